The molecule has 0 spiro atoms. The van der Waals surface area contributed by atoms with Crippen LogP contribution in [0, 0.1) is 6.92 Å². The second kappa shape index (κ2) is 7.31. The highest BCUT2D eigenvalue weighted by atomic mass is 16.5. The lowest BCUT2D eigenvalue weighted by atomic mass is 10.1. The topological polar surface area (TPSA) is 52.2 Å². The van der Waals surface area contributed by atoms with E-state index >= 15 is 0 Å². The van der Waals surface area contributed by atoms with Gasteiger partial charge in [-0.05, 0) is 37.9 Å². The van der Waals surface area contributed by atoms with Gasteiger partial charge in [-0.1, -0.05) is 13.8 Å². The minimum atomic E-state index is -0.0380. The molecule has 2 rings (SSSR count). The predicted octanol–water partition coefficient (Wildman–Crippen LogP) is 3.29. The van der Waals surface area contributed by atoms with Crippen LogP contribution in [0.25, 0.3) is 0 Å². The number of furan rings is 1. The van der Waals surface area contributed by atoms with Gasteiger partial charge in [0.05, 0.1) is 19.6 Å². The average molecular weight is 291 g/mol. The van der Waals surface area contributed by atoms with Crippen LogP contribution >= 0.6 is 0 Å². The van der Waals surface area contributed by atoms with Crippen molar-refractivity contribution in [2.45, 2.75) is 46.2 Å². The van der Waals surface area contributed by atoms with Crippen LogP contribution in [-0.4, -0.2) is 23.4 Å². The molecule has 21 heavy (non-hydrogen) atoms. The van der Waals surface area contributed by atoms with Gasteiger partial charge < -0.3 is 14.5 Å². The SMILES string of the molecule is CCCNC(c1occc1C)c1c(OC)cnn1CCC. The van der Waals surface area contributed by atoms with Crippen LogP contribution in [0.5, 0.6) is 5.75 Å². The summed E-state index contributed by atoms with van der Waals surface area (Å²) in [4.78, 5) is 0. The maximum Gasteiger partial charge on any atom is 0.162 e. The predicted molar refractivity (Wildman–Crippen MR) is 82.7 cm³/mol. The first-order valence-electron chi connectivity index (χ1n) is 7.59. The molecule has 0 aromatic carbocycles. The van der Waals surface area contributed by atoms with Gasteiger partial charge in [-0.2, -0.15) is 5.10 Å². The Morgan fingerprint density at radius 3 is 2.76 bits per heavy atom. The quantitative estimate of drug-likeness (QED) is 0.811. The summed E-state index contributed by atoms with van der Waals surface area (Å²) in [5.74, 6) is 1.73. The van der Waals surface area contributed by atoms with Crippen molar-refractivity contribution < 1.29 is 9.15 Å². The monoisotopic (exact) mass is 291 g/mol. The molecule has 5 heteroatoms. The maximum atomic E-state index is 5.72. The summed E-state index contributed by atoms with van der Waals surface area (Å²) < 4.78 is 13.2. The molecule has 0 saturated heterocycles. The molecular formula is C16H25N3O2. The first-order valence-corrected chi connectivity index (χ1v) is 7.59. The first kappa shape index (κ1) is 15.6. The molecule has 0 aliphatic carbocycles. The Bertz CT molecular complexity index is 560. The summed E-state index contributed by atoms with van der Waals surface area (Å²) in [6.07, 6.45) is 5.60. The lowest BCUT2D eigenvalue weighted by Gasteiger charge is -2.20. The highest BCUT2D eigenvalue weighted by Crippen LogP contribution is 2.32. The van der Waals surface area contributed by atoms with E-state index in [1.54, 1.807) is 19.6 Å². The fourth-order valence-electron chi connectivity index (χ4n) is 2.50. The van der Waals surface area contributed by atoms with Crippen LogP contribution in [0.3, 0.4) is 0 Å². The van der Waals surface area contributed by atoms with Gasteiger partial charge in [-0.3, -0.25) is 4.68 Å². The van der Waals surface area contributed by atoms with Gasteiger partial charge in [0, 0.05) is 6.54 Å². The number of aryl methyl sites for hydroxylation is 2. The fourth-order valence-corrected chi connectivity index (χ4v) is 2.50. The molecule has 2 aromatic heterocycles. The number of hydrogen-bond acceptors (Lipinski definition) is 4. The lowest BCUT2D eigenvalue weighted by Crippen LogP contribution is -2.26. The minimum absolute atomic E-state index is 0.0380. The van der Waals surface area contributed by atoms with Gasteiger partial charge >= 0.3 is 0 Å². The highest BCUT2D eigenvalue weighted by Gasteiger charge is 2.26. The summed E-state index contributed by atoms with van der Waals surface area (Å²) in [6.45, 7) is 8.13. The van der Waals surface area contributed by atoms with Crippen molar-refractivity contribution in [1.29, 1.82) is 0 Å². The van der Waals surface area contributed by atoms with Crippen LogP contribution < -0.4 is 10.1 Å². The molecule has 0 radical (unpaired) electrons. The molecule has 1 unspecified atom stereocenters. The van der Waals surface area contributed by atoms with Crippen LogP contribution in [0.15, 0.2) is 22.9 Å². The van der Waals surface area contributed by atoms with Crippen LogP contribution in [0.1, 0.15) is 49.7 Å². The summed E-state index contributed by atoms with van der Waals surface area (Å²) in [7, 11) is 1.68. The second-order valence-corrected chi connectivity index (χ2v) is 5.18. The van der Waals surface area contributed by atoms with E-state index in [4.69, 9.17) is 9.15 Å². The molecule has 0 aliphatic rings. The highest BCUT2D eigenvalue weighted by molar-refractivity contribution is 5.35. The van der Waals surface area contributed by atoms with E-state index in [-0.39, 0.29) is 6.04 Å². The van der Waals surface area contributed by atoms with Gasteiger partial charge in [0.15, 0.2) is 5.75 Å². The Morgan fingerprint density at radius 1 is 1.38 bits per heavy atom. The maximum absolute atomic E-state index is 5.72. The average Bonchev–Trinajstić information content (AvgIpc) is 3.08. The van der Waals surface area contributed by atoms with Crippen molar-refractivity contribution in [3.63, 3.8) is 0 Å². The number of hydrogen-bond donors (Lipinski definition) is 1. The minimum Gasteiger partial charge on any atom is -0.493 e. The van der Waals surface area contributed by atoms with Crippen molar-refractivity contribution in [1.82, 2.24) is 15.1 Å². The van der Waals surface area contributed by atoms with Crippen molar-refractivity contribution >= 4 is 0 Å². The number of ether oxygens (including phenoxy) is 1. The summed E-state index contributed by atoms with van der Waals surface area (Å²) in [5.41, 5.74) is 2.17. The third kappa shape index (κ3) is 3.29. The number of nitrogens with one attached hydrogen (secondary N) is 1. The Labute approximate surface area is 126 Å². The van der Waals surface area contributed by atoms with E-state index in [1.807, 2.05) is 10.7 Å². The van der Waals surface area contributed by atoms with E-state index in [0.717, 1.165) is 48.7 Å². The first-order chi connectivity index (χ1) is 10.2. The Morgan fingerprint density at radius 2 is 2.19 bits per heavy atom. The lowest BCUT2D eigenvalue weighted by molar-refractivity contribution is 0.380. The molecule has 0 aliphatic heterocycles. The van der Waals surface area contributed by atoms with Gasteiger partial charge in [-0.15, -0.1) is 0 Å². The van der Waals surface area contributed by atoms with Crippen LogP contribution in [-0.2, 0) is 6.54 Å². The molecule has 116 valence electrons. The zero-order valence-corrected chi connectivity index (χ0v) is 13.3. The zero-order chi connectivity index (χ0) is 15.2. The van der Waals surface area contributed by atoms with Crippen molar-refractivity contribution in [3.05, 3.63) is 35.5 Å². The van der Waals surface area contributed by atoms with E-state index in [1.165, 1.54) is 0 Å². The van der Waals surface area contributed by atoms with Gasteiger partial charge in [0.1, 0.15) is 17.5 Å². The van der Waals surface area contributed by atoms with Crippen LogP contribution in [0.4, 0.5) is 0 Å². The van der Waals surface area contributed by atoms with E-state index < -0.39 is 0 Å². The number of nitrogens with zero attached hydrogens (tertiary/aromatic N) is 2. The summed E-state index contributed by atoms with van der Waals surface area (Å²) in [6, 6.07) is 1.95. The van der Waals surface area contributed by atoms with E-state index in [2.05, 4.69) is 31.2 Å². The summed E-state index contributed by atoms with van der Waals surface area (Å²) >= 11 is 0. The van der Waals surface area contributed by atoms with Crippen molar-refractivity contribution in [2.24, 2.45) is 0 Å². The van der Waals surface area contributed by atoms with Crippen LogP contribution in [0.2, 0.25) is 0 Å². The smallest absolute Gasteiger partial charge is 0.162 e. The van der Waals surface area contributed by atoms with E-state index in [9.17, 15) is 0 Å². The molecule has 0 fully saturated rings. The molecule has 0 bridgehead atoms. The van der Waals surface area contributed by atoms with Gasteiger partial charge in [0.2, 0.25) is 0 Å². The molecular weight excluding hydrogens is 266 g/mol. The number of methoxy groups -OCH3 is 1. The van der Waals surface area contributed by atoms with Crippen molar-refractivity contribution in [2.75, 3.05) is 13.7 Å². The summed E-state index contributed by atoms with van der Waals surface area (Å²) in [5, 5.41) is 8.01. The zero-order valence-electron chi connectivity index (χ0n) is 13.3. The molecule has 1 atom stereocenters. The Kier molecular flexibility index (Phi) is 5.44. The van der Waals surface area contributed by atoms with Gasteiger partial charge in [0.25, 0.3) is 0 Å². The Balaban J connectivity index is 2.45. The Hall–Kier alpha value is -1.75. The molecule has 0 saturated carbocycles. The molecule has 5 nitrogen and oxygen atoms in total. The third-order valence-corrected chi connectivity index (χ3v) is 3.54. The molecule has 1 N–H and O–H groups in total. The van der Waals surface area contributed by atoms with Crippen molar-refractivity contribution in [3.8, 4) is 5.75 Å². The molecule has 2 heterocycles. The van der Waals surface area contributed by atoms with Gasteiger partial charge in [-0.25, -0.2) is 0 Å². The normalized spacial score (nSPS) is 12.6. The van der Waals surface area contributed by atoms with E-state index in [0.29, 0.717) is 0 Å². The second-order valence-electron chi connectivity index (χ2n) is 5.18. The fraction of sp³-hybridized carbons (Fsp3) is 0.562. The number of aromatic nitrogens is 2. The third-order valence-electron chi connectivity index (χ3n) is 3.54. The largest absolute Gasteiger partial charge is 0.493 e. The molecule has 2 aromatic rings. The standard InChI is InChI=1S/C16H25N3O2/c1-5-8-17-14(16-12(3)7-10-21-16)15-13(20-4)11-18-19(15)9-6-2/h7,10-11,14,17H,5-6,8-9H2,1-4H3. The molecule has 0 amide bonds. The number of rotatable bonds is 8.